The molecule has 1 aliphatic heterocycles. The Morgan fingerprint density at radius 3 is 2.38 bits per heavy atom. The average Bonchev–Trinajstić information content (AvgIpc) is 2.21. The topological polar surface area (TPSA) is 12.4 Å². The zero-order valence-electron chi connectivity index (χ0n) is 8.68. The molecule has 0 atom stereocenters. The normalized spacial score (nSPS) is 20.7. The molecular weight excluding hydrogens is 158 g/mol. The van der Waals surface area contributed by atoms with E-state index in [1.54, 1.807) is 6.08 Å². The van der Waals surface area contributed by atoms with E-state index in [2.05, 4.69) is 31.7 Å². The number of hydrogen-bond donors (Lipinski definition) is 0. The summed E-state index contributed by atoms with van der Waals surface area (Å²) in [6.07, 6.45) is 8.89. The molecule has 0 N–H and O–H groups in total. The monoisotopic (exact) mass is 173 g/mol. The Labute approximate surface area is 80.3 Å². The Kier molecular flexibility index (Phi) is 2.43. The summed E-state index contributed by atoms with van der Waals surface area (Å²) in [6.45, 7) is 8.41. The third-order valence-corrected chi connectivity index (χ3v) is 2.65. The number of allylic oxidation sites excluding steroid dienone is 4. The standard InChI is InChI=1S/C12H15N/c1-6-7-8-11-9(2)13-10(3)12(11,4)5/h1,7-8H,2-5H3/b8-7-. The SMILES string of the molecule is C#C/C=C\C1=C(C)N=C(C)C1(C)C. The fraction of sp³-hybridized carbons (Fsp3) is 0.417. The van der Waals surface area contributed by atoms with Gasteiger partial charge in [-0.15, -0.1) is 6.42 Å². The first-order valence-electron chi connectivity index (χ1n) is 4.40. The lowest BCUT2D eigenvalue weighted by Gasteiger charge is -2.20. The maximum Gasteiger partial charge on any atom is 0.0413 e. The van der Waals surface area contributed by atoms with Gasteiger partial charge in [0, 0.05) is 16.8 Å². The van der Waals surface area contributed by atoms with Gasteiger partial charge in [-0.1, -0.05) is 19.8 Å². The molecule has 0 radical (unpaired) electrons. The summed E-state index contributed by atoms with van der Waals surface area (Å²) in [4.78, 5) is 4.45. The van der Waals surface area contributed by atoms with Gasteiger partial charge in [-0.05, 0) is 31.6 Å². The van der Waals surface area contributed by atoms with Crippen LogP contribution in [0, 0.1) is 17.8 Å². The molecule has 0 aromatic heterocycles. The van der Waals surface area contributed by atoms with Crippen molar-refractivity contribution in [3.05, 3.63) is 23.4 Å². The van der Waals surface area contributed by atoms with Gasteiger partial charge in [-0.25, -0.2) is 0 Å². The second-order valence-corrected chi connectivity index (χ2v) is 3.82. The van der Waals surface area contributed by atoms with E-state index in [0.29, 0.717) is 0 Å². The van der Waals surface area contributed by atoms with Crippen molar-refractivity contribution in [3.63, 3.8) is 0 Å². The molecule has 0 fully saturated rings. The van der Waals surface area contributed by atoms with Crippen molar-refractivity contribution in [2.45, 2.75) is 27.7 Å². The zero-order chi connectivity index (χ0) is 10.1. The highest BCUT2D eigenvalue weighted by Gasteiger charge is 2.31. The van der Waals surface area contributed by atoms with E-state index in [-0.39, 0.29) is 5.41 Å². The molecule has 0 bridgehead atoms. The van der Waals surface area contributed by atoms with Gasteiger partial charge in [-0.2, -0.15) is 0 Å². The van der Waals surface area contributed by atoms with Crippen molar-refractivity contribution in [1.82, 2.24) is 0 Å². The Morgan fingerprint density at radius 1 is 1.38 bits per heavy atom. The van der Waals surface area contributed by atoms with Crippen LogP contribution >= 0.6 is 0 Å². The molecule has 1 aliphatic rings. The van der Waals surface area contributed by atoms with Crippen LogP contribution < -0.4 is 0 Å². The van der Waals surface area contributed by atoms with Crippen LogP contribution in [0.4, 0.5) is 0 Å². The van der Waals surface area contributed by atoms with E-state index >= 15 is 0 Å². The molecular formula is C12H15N. The fourth-order valence-corrected chi connectivity index (χ4v) is 1.56. The number of terminal acetylenes is 1. The number of nitrogens with zero attached hydrogens (tertiary/aromatic N) is 1. The Hall–Kier alpha value is -1.29. The lowest BCUT2D eigenvalue weighted by molar-refractivity contribution is 0.651. The third-order valence-electron chi connectivity index (χ3n) is 2.65. The highest BCUT2D eigenvalue weighted by Crippen LogP contribution is 2.37. The van der Waals surface area contributed by atoms with Crippen molar-refractivity contribution in [2.75, 3.05) is 0 Å². The zero-order valence-corrected chi connectivity index (χ0v) is 8.68. The second-order valence-electron chi connectivity index (χ2n) is 3.82. The van der Waals surface area contributed by atoms with Gasteiger partial charge in [0.05, 0.1) is 0 Å². The third kappa shape index (κ3) is 1.58. The van der Waals surface area contributed by atoms with E-state index in [1.807, 2.05) is 13.0 Å². The second kappa shape index (κ2) is 3.22. The smallest absolute Gasteiger partial charge is 0.0413 e. The number of aliphatic imine (C=N–C) groups is 1. The minimum absolute atomic E-state index is 0.0391. The summed E-state index contributed by atoms with van der Waals surface area (Å²) < 4.78 is 0. The first-order chi connectivity index (χ1) is 6.00. The van der Waals surface area contributed by atoms with E-state index in [9.17, 15) is 0 Å². The van der Waals surface area contributed by atoms with Gasteiger partial charge >= 0.3 is 0 Å². The van der Waals surface area contributed by atoms with Crippen LogP contribution in [0.1, 0.15) is 27.7 Å². The van der Waals surface area contributed by atoms with Crippen molar-refractivity contribution < 1.29 is 0 Å². The minimum atomic E-state index is 0.0391. The minimum Gasteiger partial charge on any atom is -0.262 e. The molecule has 0 saturated carbocycles. The largest absolute Gasteiger partial charge is 0.262 e. The first kappa shape index (κ1) is 9.80. The van der Waals surface area contributed by atoms with Crippen molar-refractivity contribution in [3.8, 4) is 12.3 Å². The Balaban J connectivity index is 3.08. The molecule has 1 nitrogen and oxygen atoms in total. The number of hydrogen-bond acceptors (Lipinski definition) is 1. The van der Waals surface area contributed by atoms with Crippen molar-refractivity contribution in [1.29, 1.82) is 0 Å². The van der Waals surface area contributed by atoms with E-state index in [4.69, 9.17) is 6.42 Å². The summed E-state index contributed by atoms with van der Waals surface area (Å²) in [7, 11) is 0. The maximum atomic E-state index is 5.18. The number of rotatable bonds is 1. The fourth-order valence-electron chi connectivity index (χ4n) is 1.56. The molecule has 13 heavy (non-hydrogen) atoms. The van der Waals surface area contributed by atoms with Crippen LogP contribution in [0.2, 0.25) is 0 Å². The molecule has 68 valence electrons. The maximum absolute atomic E-state index is 5.18. The molecule has 0 spiro atoms. The molecule has 0 aromatic carbocycles. The molecule has 1 rings (SSSR count). The summed E-state index contributed by atoms with van der Waals surface area (Å²) >= 11 is 0. The lowest BCUT2D eigenvalue weighted by atomic mass is 9.81. The molecule has 0 unspecified atom stereocenters. The van der Waals surface area contributed by atoms with E-state index < -0.39 is 0 Å². The van der Waals surface area contributed by atoms with Crippen molar-refractivity contribution >= 4 is 5.71 Å². The Bertz CT molecular complexity index is 346. The van der Waals surface area contributed by atoms with Gasteiger partial charge in [0.2, 0.25) is 0 Å². The summed E-state index contributed by atoms with van der Waals surface area (Å²) in [5.41, 5.74) is 3.50. The summed E-state index contributed by atoms with van der Waals surface area (Å²) in [5, 5.41) is 0. The molecule has 1 heterocycles. The average molecular weight is 173 g/mol. The lowest BCUT2D eigenvalue weighted by Crippen LogP contribution is -2.19. The van der Waals surface area contributed by atoms with Crippen LogP contribution in [0.3, 0.4) is 0 Å². The van der Waals surface area contributed by atoms with Gasteiger partial charge in [0.1, 0.15) is 0 Å². The van der Waals surface area contributed by atoms with Crippen LogP contribution in [-0.4, -0.2) is 5.71 Å². The van der Waals surface area contributed by atoms with Gasteiger partial charge < -0.3 is 0 Å². The van der Waals surface area contributed by atoms with Crippen molar-refractivity contribution in [2.24, 2.45) is 10.4 Å². The van der Waals surface area contributed by atoms with Crippen LogP contribution in [0.5, 0.6) is 0 Å². The van der Waals surface area contributed by atoms with Gasteiger partial charge in [0.25, 0.3) is 0 Å². The van der Waals surface area contributed by atoms with E-state index in [1.165, 1.54) is 5.57 Å². The molecule has 0 saturated heterocycles. The molecule has 1 heteroatoms. The molecule has 0 aromatic rings. The van der Waals surface area contributed by atoms with Gasteiger partial charge in [0.15, 0.2) is 0 Å². The first-order valence-corrected chi connectivity index (χ1v) is 4.40. The summed E-state index contributed by atoms with van der Waals surface area (Å²) in [6, 6.07) is 0. The highest BCUT2D eigenvalue weighted by atomic mass is 14.8. The van der Waals surface area contributed by atoms with Gasteiger partial charge in [-0.3, -0.25) is 4.99 Å². The quantitative estimate of drug-likeness (QED) is 0.541. The van der Waals surface area contributed by atoms with Crippen LogP contribution in [0.25, 0.3) is 0 Å². The van der Waals surface area contributed by atoms with E-state index in [0.717, 1.165) is 11.4 Å². The van der Waals surface area contributed by atoms with Crippen LogP contribution in [-0.2, 0) is 0 Å². The predicted molar refractivity (Wildman–Crippen MR) is 57.6 cm³/mol. The summed E-state index contributed by atoms with van der Waals surface area (Å²) in [5.74, 6) is 2.50. The predicted octanol–water partition coefficient (Wildman–Crippen LogP) is 2.95. The molecule has 0 aliphatic carbocycles. The van der Waals surface area contributed by atoms with Crippen LogP contribution in [0.15, 0.2) is 28.4 Å². The molecule has 0 amide bonds. The highest BCUT2D eigenvalue weighted by molar-refractivity contribution is 5.94. The Morgan fingerprint density at radius 2 is 2.00 bits per heavy atom.